The standard InChI is InChI=1S/C39H40Cl2N2O6/c1-21-10-12-23(3)29(16-21)42-37(45)35-31(44)19-39(5,47)36(38(46)43-30-17-22(2)11-13-24(30)4)34(35)25-14-15-32(33(18-25)48-6)49-20-26-27(40)8-7-9-28(26)41/h7-18,34-36,47H,19-20H2,1-6H3,(H,42,45)(H,43,46). The van der Waals surface area contributed by atoms with Crippen LogP contribution in [0.5, 0.6) is 11.5 Å². The van der Waals surface area contributed by atoms with Crippen LogP contribution in [0, 0.1) is 39.5 Å². The van der Waals surface area contributed by atoms with Crippen LogP contribution in [-0.2, 0) is 21.0 Å². The van der Waals surface area contributed by atoms with Crippen LogP contribution in [0.15, 0.2) is 72.8 Å². The summed E-state index contributed by atoms with van der Waals surface area (Å²) in [5, 5.41) is 18.6. The Kier molecular flexibility index (Phi) is 10.7. The Morgan fingerprint density at radius 2 is 1.41 bits per heavy atom. The third-order valence-electron chi connectivity index (χ3n) is 9.14. The summed E-state index contributed by atoms with van der Waals surface area (Å²) in [6.45, 7) is 9.06. The topological polar surface area (TPSA) is 114 Å². The monoisotopic (exact) mass is 702 g/mol. The minimum Gasteiger partial charge on any atom is -0.493 e. The summed E-state index contributed by atoms with van der Waals surface area (Å²) < 4.78 is 11.8. The average Bonchev–Trinajstić information content (AvgIpc) is 3.03. The molecule has 5 rings (SSSR count). The predicted molar refractivity (Wildman–Crippen MR) is 193 cm³/mol. The van der Waals surface area contributed by atoms with E-state index in [1.165, 1.54) is 14.0 Å². The Balaban J connectivity index is 1.59. The van der Waals surface area contributed by atoms with Gasteiger partial charge in [0.05, 0.1) is 18.6 Å². The number of nitrogens with one attached hydrogen (secondary N) is 2. The first-order valence-corrected chi connectivity index (χ1v) is 16.7. The molecule has 3 N–H and O–H groups in total. The summed E-state index contributed by atoms with van der Waals surface area (Å²) >= 11 is 12.7. The Morgan fingerprint density at radius 3 is 1.98 bits per heavy atom. The van der Waals surface area contributed by atoms with Crippen LogP contribution in [0.3, 0.4) is 0 Å². The van der Waals surface area contributed by atoms with Crippen molar-refractivity contribution < 1.29 is 29.0 Å². The van der Waals surface area contributed by atoms with Crippen molar-refractivity contribution in [3.63, 3.8) is 0 Å². The Labute approximate surface area is 296 Å². The second-order valence-electron chi connectivity index (χ2n) is 13.0. The van der Waals surface area contributed by atoms with E-state index < -0.39 is 47.4 Å². The fourth-order valence-corrected chi connectivity index (χ4v) is 6.99. The molecule has 4 atom stereocenters. The highest BCUT2D eigenvalue weighted by molar-refractivity contribution is 6.36. The highest BCUT2D eigenvalue weighted by Crippen LogP contribution is 2.48. The first-order valence-electron chi connectivity index (χ1n) is 15.9. The summed E-state index contributed by atoms with van der Waals surface area (Å²) in [6, 6.07) is 21.5. The van der Waals surface area contributed by atoms with Gasteiger partial charge in [-0.3, -0.25) is 14.4 Å². The number of rotatable bonds is 9. The van der Waals surface area contributed by atoms with Gasteiger partial charge >= 0.3 is 0 Å². The van der Waals surface area contributed by atoms with Gasteiger partial charge in [0.1, 0.15) is 18.3 Å². The normalized spacial score (nSPS) is 20.4. The van der Waals surface area contributed by atoms with E-state index in [0.29, 0.717) is 44.0 Å². The van der Waals surface area contributed by atoms with Crippen molar-refractivity contribution >= 4 is 52.2 Å². The second-order valence-corrected chi connectivity index (χ2v) is 13.8. The summed E-state index contributed by atoms with van der Waals surface area (Å²) in [4.78, 5) is 42.4. The van der Waals surface area contributed by atoms with Crippen molar-refractivity contribution in [1.29, 1.82) is 0 Å². The number of anilines is 2. The average molecular weight is 704 g/mol. The minimum atomic E-state index is -1.79. The van der Waals surface area contributed by atoms with E-state index in [1.54, 1.807) is 36.4 Å². The fraction of sp³-hybridized carbons (Fsp3) is 0.308. The molecule has 0 heterocycles. The summed E-state index contributed by atoms with van der Waals surface area (Å²) in [5.41, 5.74) is 3.89. The quantitative estimate of drug-likeness (QED) is 0.152. The van der Waals surface area contributed by atoms with Crippen LogP contribution in [0.4, 0.5) is 11.4 Å². The lowest BCUT2D eigenvalue weighted by molar-refractivity contribution is -0.150. The van der Waals surface area contributed by atoms with E-state index in [1.807, 2.05) is 64.1 Å². The number of hydrogen-bond donors (Lipinski definition) is 3. The van der Waals surface area contributed by atoms with Gasteiger partial charge in [0.15, 0.2) is 11.5 Å². The largest absolute Gasteiger partial charge is 0.493 e. The number of Topliss-reactive ketones (excluding diaryl/α,β-unsaturated/α-hetero) is 1. The zero-order valence-electron chi connectivity index (χ0n) is 28.3. The maximum atomic E-state index is 14.3. The molecule has 4 aromatic rings. The molecule has 0 radical (unpaired) electrons. The molecule has 1 saturated carbocycles. The molecule has 8 nitrogen and oxygen atoms in total. The van der Waals surface area contributed by atoms with Crippen molar-refractivity contribution in [2.75, 3.05) is 17.7 Å². The third-order valence-corrected chi connectivity index (χ3v) is 9.85. The number of amides is 2. The van der Waals surface area contributed by atoms with Gasteiger partial charge in [0.2, 0.25) is 11.8 Å². The lowest BCUT2D eigenvalue weighted by Crippen LogP contribution is -2.56. The Morgan fingerprint density at radius 1 is 0.837 bits per heavy atom. The molecule has 1 aliphatic rings. The van der Waals surface area contributed by atoms with Crippen LogP contribution in [0.2, 0.25) is 10.0 Å². The highest BCUT2D eigenvalue weighted by Gasteiger charge is 2.56. The van der Waals surface area contributed by atoms with Gasteiger partial charge in [0.25, 0.3) is 0 Å². The predicted octanol–water partition coefficient (Wildman–Crippen LogP) is 8.13. The Bertz CT molecular complexity index is 1900. The van der Waals surface area contributed by atoms with Gasteiger partial charge in [-0.1, -0.05) is 59.6 Å². The number of aryl methyl sites for hydroxylation is 4. The van der Waals surface area contributed by atoms with Crippen molar-refractivity contribution in [3.8, 4) is 11.5 Å². The first kappa shape index (κ1) is 35.9. The fourth-order valence-electron chi connectivity index (χ4n) is 6.48. The smallest absolute Gasteiger partial charge is 0.235 e. The van der Waals surface area contributed by atoms with E-state index in [-0.39, 0.29) is 6.61 Å². The number of carbonyl (C=O) groups excluding carboxylic acids is 3. The molecule has 0 bridgehead atoms. The molecular weight excluding hydrogens is 663 g/mol. The van der Waals surface area contributed by atoms with Crippen molar-refractivity contribution in [1.82, 2.24) is 0 Å². The molecule has 4 aromatic carbocycles. The molecule has 256 valence electrons. The minimum absolute atomic E-state index is 0.0482. The number of benzene rings is 4. The van der Waals surface area contributed by atoms with Gasteiger partial charge in [-0.2, -0.15) is 0 Å². The Hall–Kier alpha value is -4.37. The number of aliphatic hydroxyl groups is 1. The van der Waals surface area contributed by atoms with Crippen LogP contribution in [0.1, 0.15) is 52.6 Å². The van der Waals surface area contributed by atoms with E-state index in [0.717, 1.165) is 22.3 Å². The van der Waals surface area contributed by atoms with Gasteiger partial charge in [-0.15, -0.1) is 0 Å². The van der Waals surface area contributed by atoms with Gasteiger partial charge in [-0.25, -0.2) is 0 Å². The van der Waals surface area contributed by atoms with Gasteiger partial charge in [-0.05, 0) is 98.8 Å². The zero-order valence-corrected chi connectivity index (χ0v) is 29.8. The summed E-state index contributed by atoms with van der Waals surface area (Å²) in [6.07, 6.45) is -0.393. The number of hydrogen-bond acceptors (Lipinski definition) is 6. The molecule has 2 amide bonds. The first-order chi connectivity index (χ1) is 23.2. The van der Waals surface area contributed by atoms with Crippen molar-refractivity contribution in [3.05, 3.63) is 116 Å². The molecule has 1 aliphatic carbocycles. The highest BCUT2D eigenvalue weighted by atomic mass is 35.5. The maximum absolute atomic E-state index is 14.3. The van der Waals surface area contributed by atoms with E-state index >= 15 is 0 Å². The number of halogens is 2. The third kappa shape index (κ3) is 7.77. The number of methoxy groups -OCH3 is 1. The number of ketones is 1. The van der Waals surface area contributed by atoms with Crippen LogP contribution in [-0.4, -0.2) is 35.4 Å². The van der Waals surface area contributed by atoms with Crippen LogP contribution < -0.4 is 20.1 Å². The van der Waals surface area contributed by atoms with Gasteiger partial charge in [0, 0.05) is 39.3 Å². The molecule has 4 unspecified atom stereocenters. The second kappa shape index (κ2) is 14.6. The van der Waals surface area contributed by atoms with E-state index in [4.69, 9.17) is 32.7 Å². The molecular formula is C39H40Cl2N2O6. The zero-order chi connectivity index (χ0) is 35.6. The van der Waals surface area contributed by atoms with E-state index in [9.17, 15) is 19.5 Å². The van der Waals surface area contributed by atoms with Crippen molar-refractivity contribution in [2.24, 2.45) is 11.8 Å². The molecule has 10 heteroatoms. The summed E-state index contributed by atoms with van der Waals surface area (Å²) in [5.74, 6) is -4.53. The van der Waals surface area contributed by atoms with Gasteiger partial charge < -0.3 is 25.2 Å². The molecule has 0 aromatic heterocycles. The number of carbonyl (C=O) groups is 3. The molecule has 0 spiro atoms. The van der Waals surface area contributed by atoms with Crippen molar-refractivity contribution in [2.45, 2.75) is 59.2 Å². The molecule has 1 fully saturated rings. The lowest BCUT2D eigenvalue weighted by atomic mass is 9.61. The van der Waals surface area contributed by atoms with Crippen LogP contribution >= 0.6 is 23.2 Å². The molecule has 0 aliphatic heterocycles. The number of ether oxygens (including phenoxy) is 2. The molecule has 49 heavy (non-hydrogen) atoms. The van der Waals surface area contributed by atoms with E-state index in [2.05, 4.69) is 10.6 Å². The molecule has 0 saturated heterocycles. The summed E-state index contributed by atoms with van der Waals surface area (Å²) in [7, 11) is 1.46. The SMILES string of the molecule is COc1cc(C2C(C(=O)Nc3cc(C)ccc3C)C(=O)CC(C)(O)C2C(=O)Nc2cc(C)ccc2C)ccc1OCc1c(Cl)cccc1Cl. The van der Waals surface area contributed by atoms with Crippen LogP contribution in [0.25, 0.3) is 0 Å². The lowest BCUT2D eigenvalue weighted by Gasteiger charge is -2.44. The maximum Gasteiger partial charge on any atom is 0.235 e.